The van der Waals surface area contributed by atoms with E-state index in [-0.39, 0.29) is 0 Å². The van der Waals surface area contributed by atoms with Crippen molar-refractivity contribution in [2.45, 2.75) is 13.3 Å². The predicted octanol–water partition coefficient (Wildman–Crippen LogP) is 0.697. The fourth-order valence-corrected chi connectivity index (χ4v) is 1.76. The summed E-state index contributed by atoms with van der Waals surface area (Å²) in [6.07, 6.45) is 2.04. The Labute approximate surface area is 141 Å². The van der Waals surface area contributed by atoms with Crippen LogP contribution in [-0.2, 0) is 14.3 Å². The number of rotatable bonds is 9. The number of ether oxygens (including phenoxy) is 3. The quantitative estimate of drug-likeness (QED) is 0.299. The van der Waals surface area contributed by atoms with Crippen molar-refractivity contribution in [1.82, 2.24) is 10.7 Å². The number of methoxy groups -OCH3 is 2. The lowest BCUT2D eigenvalue weighted by Gasteiger charge is -2.09. The Kier molecular flexibility index (Phi) is 8.91. The van der Waals surface area contributed by atoms with Crippen molar-refractivity contribution in [2.24, 2.45) is 5.10 Å². The number of nitrogens with one attached hydrogen (secondary N) is 2. The zero-order valence-electron chi connectivity index (χ0n) is 14.1. The van der Waals surface area contributed by atoms with Crippen molar-refractivity contribution in [3.05, 3.63) is 23.8 Å². The zero-order chi connectivity index (χ0) is 17.8. The molecule has 1 aromatic carbocycles. The van der Waals surface area contributed by atoms with Crippen LogP contribution >= 0.6 is 0 Å². The number of carbonyl (C=O) groups excluding carboxylic acids is 2. The highest BCUT2D eigenvalue weighted by atomic mass is 16.5. The minimum atomic E-state index is -0.831. The maximum Gasteiger partial charge on any atom is 0.329 e. The van der Waals surface area contributed by atoms with Gasteiger partial charge < -0.3 is 19.5 Å². The Balaban J connectivity index is 2.52. The molecular formula is C16H23N3O5. The summed E-state index contributed by atoms with van der Waals surface area (Å²) in [4.78, 5) is 23.1. The van der Waals surface area contributed by atoms with E-state index >= 15 is 0 Å². The molecule has 0 heterocycles. The fourth-order valence-electron chi connectivity index (χ4n) is 1.76. The number of hydrogen-bond donors (Lipinski definition) is 2. The molecule has 132 valence electrons. The van der Waals surface area contributed by atoms with Gasteiger partial charge in [0.1, 0.15) is 0 Å². The Morgan fingerprint density at radius 2 is 2.00 bits per heavy atom. The van der Waals surface area contributed by atoms with Gasteiger partial charge in [0.25, 0.3) is 0 Å². The lowest BCUT2D eigenvalue weighted by Crippen LogP contribution is -2.38. The fraction of sp³-hybridized carbons (Fsp3) is 0.438. The molecule has 24 heavy (non-hydrogen) atoms. The van der Waals surface area contributed by atoms with Gasteiger partial charge in [-0.1, -0.05) is 0 Å². The van der Waals surface area contributed by atoms with E-state index in [1.807, 2.05) is 6.92 Å². The van der Waals surface area contributed by atoms with Crippen molar-refractivity contribution < 1.29 is 23.8 Å². The molecule has 0 aliphatic carbocycles. The van der Waals surface area contributed by atoms with Crippen molar-refractivity contribution in [1.29, 1.82) is 0 Å². The summed E-state index contributed by atoms with van der Waals surface area (Å²) in [6, 6.07) is 5.21. The van der Waals surface area contributed by atoms with E-state index in [9.17, 15) is 9.59 Å². The van der Waals surface area contributed by atoms with Crippen LogP contribution in [0.3, 0.4) is 0 Å². The summed E-state index contributed by atoms with van der Waals surface area (Å²) in [6.45, 7) is 3.24. The molecule has 0 radical (unpaired) electrons. The van der Waals surface area contributed by atoms with Gasteiger partial charge in [-0.2, -0.15) is 5.10 Å². The molecule has 0 atom stereocenters. The Hall–Kier alpha value is -2.61. The smallest absolute Gasteiger partial charge is 0.329 e. The Morgan fingerprint density at radius 1 is 1.21 bits per heavy atom. The summed E-state index contributed by atoms with van der Waals surface area (Å²) in [7, 11) is 3.12. The molecule has 0 aliphatic rings. The summed E-state index contributed by atoms with van der Waals surface area (Å²) in [5.74, 6) is -0.394. The molecule has 0 aliphatic heterocycles. The van der Waals surface area contributed by atoms with Crippen molar-refractivity contribution >= 4 is 18.0 Å². The van der Waals surface area contributed by atoms with Gasteiger partial charge in [0.2, 0.25) is 0 Å². The summed E-state index contributed by atoms with van der Waals surface area (Å²) >= 11 is 0. The molecule has 2 amide bonds. The highest BCUT2D eigenvalue weighted by molar-refractivity contribution is 6.35. The predicted molar refractivity (Wildman–Crippen MR) is 89.4 cm³/mol. The van der Waals surface area contributed by atoms with Crippen molar-refractivity contribution in [3.8, 4) is 11.5 Å². The van der Waals surface area contributed by atoms with Crippen molar-refractivity contribution in [2.75, 3.05) is 34.0 Å². The highest BCUT2D eigenvalue weighted by Gasteiger charge is 2.11. The molecule has 0 unspecified atom stereocenters. The van der Waals surface area contributed by atoms with Gasteiger partial charge in [-0.3, -0.25) is 9.59 Å². The molecule has 1 rings (SSSR count). The van der Waals surface area contributed by atoms with E-state index in [0.717, 1.165) is 0 Å². The minimum absolute atomic E-state index is 0.361. The SMILES string of the molecule is CCOc1cc(/C=N\NC(=O)C(=O)NCCCOC)ccc1OC. The van der Waals surface area contributed by atoms with E-state index in [2.05, 4.69) is 15.8 Å². The van der Waals surface area contributed by atoms with E-state index in [4.69, 9.17) is 14.2 Å². The van der Waals surface area contributed by atoms with Gasteiger partial charge in [0.15, 0.2) is 11.5 Å². The molecule has 1 aromatic rings. The third kappa shape index (κ3) is 6.66. The molecule has 8 heteroatoms. The second kappa shape index (κ2) is 11.0. The average molecular weight is 337 g/mol. The standard InChI is InChI=1S/C16H23N3O5/c1-4-24-14-10-12(6-7-13(14)23-3)11-18-19-16(21)15(20)17-8-5-9-22-2/h6-7,10-11H,4-5,8-9H2,1-3H3,(H,17,20)(H,19,21)/b18-11-. The molecule has 8 nitrogen and oxygen atoms in total. The van der Waals surface area contributed by atoms with Gasteiger partial charge in [0.05, 0.1) is 19.9 Å². The molecule has 0 spiro atoms. The molecule has 0 saturated heterocycles. The van der Waals surface area contributed by atoms with Crippen LogP contribution in [0.1, 0.15) is 18.9 Å². The van der Waals surface area contributed by atoms with Crippen LogP contribution in [0.25, 0.3) is 0 Å². The van der Waals surface area contributed by atoms with E-state index < -0.39 is 11.8 Å². The first-order valence-electron chi connectivity index (χ1n) is 7.53. The third-order valence-electron chi connectivity index (χ3n) is 2.88. The monoisotopic (exact) mass is 337 g/mol. The maximum absolute atomic E-state index is 11.6. The lowest BCUT2D eigenvalue weighted by atomic mass is 10.2. The van der Waals surface area contributed by atoms with Crippen LogP contribution in [0.15, 0.2) is 23.3 Å². The van der Waals surface area contributed by atoms with Crippen LogP contribution in [0.5, 0.6) is 11.5 Å². The highest BCUT2D eigenvalue weighted by Crippen LogP contribution is 2.27. The van der Waals surface area contributed by atoms with Gasteiger partial charge in [-0.15, -0.1) is 0 Å². The number of carbonyl (C=O) groups is 2. The second-order valence-corrected chi connectivity index (χ2v) is 4.64. The Bertz CT molecular complexity index is 575. The summed E-state index contributed by atoms with van der Waals surface area (Å²) in [5, 5.41) is 6.22. The van der Waals surface area contributed by atoms with Crippen molar-refractivity contribution in [3.63, 3.8) is 0 Å². The van der Waals surface area contributed by atoms with Crippen LogP contribution in [-0.4, -0.2) is 52.0 Å². The first-order chi connectivity index (χ1) is 11.6. The van der Waals surface area contributed by atoms with Gasteiger partial charge in [0, 0.05) is 20.3 Å². The van der Waals surface area contributed by atoms with Crippen LogP contribution in [0.4, 0.5) is 0 Å². The lowest BCUT2D eigenvalue weighted by molar-refractivity contribution is -0.139. The molecule has 2 N–H and O–H groups in total. The number of benzene rings is 1. The van der Waals surface area contributed by atoms with Crippen LogP contribution in [0, 0.1) is 0 Å². The summed E-state index contributed by atoms with van der Waals surface area (Å²) < 4.78 is 15.5. The topological polar surface area (TPSA) is 98.2 Å². The summed E-state index contributed by atoms with van der Waals surface area (Å²) in [5.41, 5.74) is 2.86. The minimum Gasteiger partial charge on any atom is -0.493 e. The zero-order valence-corrected chi connectivity index (χ0v) is 14.1. The van der Waals surface area contributed by atoms with Gasteiger partial charge in [-0.25, -0.2) is 5.43 Å². The Morgan fingerprint density at radius 3 is 2.67 bits per heavy atom. The third-order valence-corrected chi connectivity index (χ3v) is 2.88. The van der Waals surface area contributed by atoms with Crippen LogP contribution < -0.4 is 20.2 Å². The molecule has 0 fully saturated rings. The number of nitrogens with zero attached hydrogens (tertiary/aromatic N) is 1. The molecule has 0 bridgehead atoms. The van der Waals surface area contributed by atoms with E-state index in [1.54, 1.807) is 32.4 Å². The van der Waals surface area contributed by atoms with E-state index in [0.29, 0.717) is 43.2 Å². The van der Waals surface area contributed by atoms with E-state index in [1.165, 1.54) is 6.21 Å². The first-order valence-corrected chi connectivity index (χ1v) is 7.53. The second-order valence-electron chi connectivity index (χ2n) is 4.64. The van der Waals surface area contributed by atoms with Crippen LogP contribution in [0.2, 0.25) is 0 Å². The molecular weight excluding hydrogens is 314 g/mol. The molecule has 0 saturated carbocycles. The maximum atomic E-state index is 11.6. The number of hydrogen-bond acceptors (Lipinski definition) is 6. The normalized spacial score (nSPS) is 10.5. The largest absolute Gasteiger partial charge is 0.493 e. The first kappa shape index (κ1) is 19.4. The molecule has 0 aromatic heterocycles. The van der Waals surface area contributed by atoms with Gasteiger partial charge in [-0.05, 0) is 37.1 Å². The number of hydrazone groups is 1. The number of amides is 2. The van der Waals surface area contributed by atoms with Gasteiger partial charge >= 0.3 is 11.8 Å². The average Bonchev–Trinajstić information content (AvgIpc) is 2.59.